The lowest BCUT2D eigenvalue weighted by Crippen LogP contribution is -2.33. The van der Waals surface area contributed by atoms with Gasteiger partial charge >= 0.3 is 12.1 Å². The van der Waals surface area contributed by atoms with Crippen molar-refractivity contribution in [1.29, 1.82) is 0 Å². The van der Waals surface area contributed by atoms with Gasteiger partial charge in [0.2, 0.25) is 0 Å². The molecule has 0 aliphatic rings. The zero-order valence-electron chi connectivity index (χ0n) is 15.4. The lowest BCUT2D eigenvalue weighted by Gasteiger charge is -2.19. The Hall–Kier alpha value is -1.76. The molecule has 0 saturated carbocycles. The summed E-state index contributed by atoms with van der Waals surface area (Å²) in [5.41, 5.74) is 0.845. The predicted octanol–water partition coefficient (Wildman–Crippen LogP) is 4.23. The normalized spacial score (nSPS) is 11.0. The molecule has 140 valence electrons. The number of alkyl carbamates (subject to hydrolysis) is 1. The number of methoxy groups -OCH3 is 1. The van der Waals surface area contributed by atoms with Gasteiger partial charge in [0.25, 0.3) is 0 Å². The Kier molecular flexibility index (Phi) is 8.22. The smallest absolute Gasteiger partial charge is 0.407 e. The van der Waals surface area contributed by atoms with E-state index in [-0.39, 0.29) is 0 Å². The van der Waals surface area contributed by atoms with Crippen LogP contribution in [0.5, 0.6) is 5.75 Å². The third kappa shape index (κ3) is 7.77. The van der Waals surface area contributed by atoms with Crippen LogP contribution in [-0.4, -0.2) is 37.9 Å². The second-order valence-electron chi connectivity index (χ2n) is 6.57. The highest BCUT2D eigenvalue weighted by molar-refractivity contribution is 9.10. The van der Waals surface area contributed by atoms with Crippen molar-refractivity contribution in [3.05, 3.63) is 27.7 Å². The number of benzene rings is 1. The maximum Gasteiger partial charge on any atom is 0.407 e. The minimum Gasteiger partial charge on any atom is -0.493 e. The molecule has 1 aromatic carbocycles. The maximum absolute atomic E-state index is 11.8. The Morgan fingerprint density at radius 1 is 1.20 bits per heavy atom. The number of carbonyl (C=O) groups is 2. The van der Waals surface area contributed by atoms with Crippen molar-refractivity contribution in [2.75, 3.05) is 20.3 Å². The van der Waals surface area contributed by atoms with E-state index in [4.69, 9.17) is 14.2 Å². The van der Waals surface area contributed by atoms with Gasteiger partial charge in [-0.25, -0.2) is 9.59 Å². The van der Waals surface area contributed by atoms with Crippen LogP contribution in [0.1, 0.15) is 49.5 Å². The van der Waals surface area contributed by atoms with Crippen molar-refractivity contribution < 1.29 is 23.8 Å². The molecule has 1 amide bonds. The molecule has 1 rings (SSSR count). The number of hydrogen-bond acceptors (Lipinski definition) is 5. The topological polar surface area (TPSA) is 73.9 Å². The van der Waals surface area contributed by atoms with Gasteiger partial charge in [0.15, 0.2) is 0 Å². The van der Waals surface area contributed by atoms with Gasteiger partial charge in [-0.1, -0.05) is 15.9 Å². The van der Waals surface area contributed by atoms with Crippen molar-refractivity contribution in [3.63, 3.8) is 0 Å². The summed E-state index contributed by atoms with van der Waals surface area (Å²) in [6.07, 6.45) is 1.04. The molecule has 7 heteroatoms. The summed E-state index contributed by atoms with van der Waals surface area (Å²) >= 11 is 3.40. The van der Waals surface area contributed by atoms with E-state index in [9.17, 15) is 9.59 Å². The Morgan fingerprint density at radius 2 is 1.88 bits per heavy atom. The minimum absolute atomic E-state index is 0.381. The predicted molar refractivity (Wildman–Crippen MR) is 99.2 cm³/mol. The van der Waals surface area contributed by atoms with Gasteiger partial charge in [0.05, 0.1) is 13.7 Å². The number of aryl methyl sites for hydroxylation is 1. The van der Waals surface area contributed by atoms with Gasteiger partial charge in [-0.2, -0.15) is 0 Å². The Balaban J connectivity index is 2.43. The molecule has 0 aromatic heterocycles. The van der Waals surface area contributed by atoms with E-state index in [1.165, 1.54) is 7.11 Å². The van der Waals surface area contributed by atoms with E-state index >= 15 is 0 Å². The van der Waals surface area contributed by atoms with Gasteiger partial charge in [0.1, 0.15) is 16.9 Å². The maximum atomic E-state index is 11.8. The summed E-state index contributed by atoms with van der Waals surface area (Å²) < 4.78 is 16.5. The molecule has 0 spiro atoms. The molecule has 0 aliphatic heterocycles. The third-order valence-corrected chi connectivity index (χ3v) is 4.02. The fourth-order valence-corrected chi connectivity index (χ4v) is 2.30. The number of carbonyl (C=O) groups excluding carboxylic acids is 2. The molecular formula is C18H26BrNO5. The Morgan fingerprint density at radius 3 is 2.48 bits per heavy atom. The number of hydrogen-bond donors (Lipinski definition) is 1. The van der Waals surface area contributed by atoms with Crippen LogP contribution in [-0.2, 0) is 9.47 Å². The lowest BCUT2D eigenvalue weighted by atomic mass is 10.1. The first-order valence-electron chi connectivity index (χ1n) is 8.12. The van der Waals surface area contributed by atoms with Crippen LogP contribution in [0, 0.1) is 6.92 Å². The zero-order chi connectivity index (χ0) is 19.0. The van der Waals surface area contributed by atoms with Crippen LogP contribution in [0.3, 0.4) is 0 Å². The summed E-state index contributed by atoms with van der Waals surface area (Å²) in [6, 6.07) is 3.50. The first kappa shape index (κ1) is 21.3. The van der Waals surface area contributed by atoms with Crippen molar-refractivity contribution in [2.45, 2.75) is 46.1 Å². The molecule has 0 unspecified atom stereocenters. The molecule has 0 aliphatic carbocycles. The van der Waals surface area contributed by atoms with E-state index < -0.39 is 17.7 Å². The molecule has 25 heavy (non-hydrogen) atoms. The summed E-state index contributed by atoms with van der Waals surface area (Å²) in [6.45, 7) is 8.31. The number of nitrogens with one attached hydrogen (secondary N) is 1. The number of esters is 1. The van der Waals surface area contributed by atoms with Crippen LogP contribution in [0.25, 0.3) is 0 Å². The fourth-order valence-electron chi connectivity index (χ4n) is 1.96. The number of ether oxygens (including phenoxy) is 3. The zero-order valence-corrected chi connectivity index (χ0v) is 17.0. The van der Waals surface area contributed by atoms with Gasteiger partial charge in [-0.3, -0.25) is 0 Å². The van der Waals surface area contributed by atoms with Crippen molar-refractivity contribution in [1.82, 2.24) is 5.32 Å². The van der Waals surface area contributed by atoms with Crippen LogP contribution < -0.4 is 10.1 Å². The van der Waals surface area contributed by atoms with Gasteiger partial charge < -0.3 is 19.5 Å². The monoisotopic (exact) mass is 415 g/mol. The number of rotatable bonds is 7. The first-order valence-corrected chi connectivity index (χ1v) is 8.91. The van der Waals surface area contributed by atoms with Gasteiger partial charge in [0, 0.05) is 11.0 Å². The van der Waals surface area contributed by atoms with E-state index in [1.54, 1.807) is 12.1 Å². The number of amides is 1. The van der Waals surface area contributed by atoms with Gasteiger partial charge in [-0.05, 0) is 58.2 Å². The molecule has 0 radical (unpaired) electrons. The highest BCUT2D eigenvalue weighted by atomic mass is 79.9. The van der Waals surface area contributed by atoms with Crippen molar-refractivity contribution in [3.8, 4) is 5.75 Å². The Bertz CT molecular complexity index is 610. The van der Waals surface area contributed by atoms with E-state index in [2.05, 4.69) is 21.2 Å². The average Bonchev–Trinajstić information content (AvgIpc) is 2.51. The van der Waals surface area contributed by atoms with Crippen LogP contribution in [0.2, 0.25) is 0 Å². The third-order valence-electron chi connectivity index (χ3n) is 3.16. The first-order chi connectivity index (χ1) is 11.6. The molecule has 6 nitrogen and oxygen atoms in total. The van der Waals surface area contributed by atoms with E-state index in [0.717, 1.165) is 22.9 Å². The summed E-state index contributed by atoms with van der Waals surface area (Å²) in [5, 5.41) is 2.70. The van der Waals surface area contributed by atoms with Gasteiger partial charge in [-0.15, -0.1) is 0 Å². The molecule has 0 bridgehead atoms. The van der Waals surface area contributed by atoms with E-state index in [1.807, 2.05) is 27.7 Å². The fraction of sp³-hybridized carbons (Fsp3) is 0.556. The quantitative estimate of drug-likeness (QED) is 0.532. The molecule has 1 N–H and O–H groups in total. The number of halogens is 1. The largest absolute Gasteiger partial charge is 0.493 e. The molecular weight excluding hydrogens is 390 g/mol. The summed E-state index contributed by atoms with van der Waals surface area (Å²) in [7, 11) is 1.34. The SMILES string of the molecule is COC(=O)c1cc(Br)c(C)cc1OCCCCNC(=O)OC(C)(C)C. The average molecular weight is 416 g/mol. The van der Waals surface area contributed by atoms with Crippen LogP contribution >= 0.6 is 15.9 Å². The minimum atomic E-state index is -0.503. The Labute approximate surface area is 157 Å². The second kappa shape index (κ2) is 9.65. The van der Waals surface area contributed by atoms with Crippen molar-refractivity contribution in [2.24, 2.45) is 0 Å². The standard InChI is InChI=1S/C18H26BrNO5/c1-12-10-15(13(11-14(12)19)16(21)23-5)24-9-7-6-8-20-17(22)25-18(2,3)4/h10-11H,6-9H2,1-5H3,(H,20,22). The second-order valence-corrected chi connectivity index (χ2v) is 7.43. The van der Waals surface area contributed by atoms with Crippen LogP contribution in [0.4, 0.5) is 4.79 Å². The molecule has 0 saturated heterocycles. The summed E-state index contributed by atoms with van der Waals surface area (Å²) in [4.78, 5) is 23.4. The molecule has 0 heterocycles. The highest BCUT2D eigenvalue weighted by Gasteiger charge is 2.16. The van der Waals surface area contributed by atoms with Crippen LogP contribution in [0.15, 0.2) is 16.6 Å². The number of unbranched alkanes of at least 4 members (excludes halogenated alkanes) is 1. The summed E-state index contributed by atoms with van der Waals surface area (Å²) in [5.74, 6) is 0.0509. The highest BCUT2D eigenvalue weighted by Crippen LogP contribution is 2.27. The molecule has 1 aromatic rings. The van der Waals surface area contributed by atoms with E-state index in [0.29, 0.717) is 24.5 Å². The van der Waals surface area contributed by atoms with Crippen molar-refractivity contribution >= 4 is 28.0 Å². The molecule has 0 atom stereocenters. The lowest BCUT2D eigenvalue weighted by molar-refractivity contribution is 0.0524. The molecule has 0 fully saturated rings.